The molecule has 1 aliphatic rings. The lowest BCUT2D eigenvalue weighted by Gasteiger charge is -2.09. The molecule has 0 bridgehead atoms. The van der Waals surface area contributed by atoms with Crippen LogP contribution in [0.2, 0.25) is 5.02 Å². The van der Waals surface area contributed by atoms with Crippen LogP contribution in [-0.4, -0.2) is 11.3 Å². The molecule has 0 spiro atoms. The normalized spacial score (nSPS) is 12.9. The first kappa shape index (κ1) is 19.3. The third-order valence-corrected chi connectivity index (χ3v) is 6.67. The maximum Gasteiger partial charge on any atom is 0.138 e. The summed E-state index contributed by atoms with van der Waals surface area (Å²) in [5.74, 6) is 0.188. The molecule has 2 nitrogen and oxygen atoms in total. The number of phenolic OH excluding ortho intramolecular Hbond substituents is 1. The number of nitrogens with zero attached hydrogens (tertiary/aromatic N) is 1. The minimum absolute atomic E-state index is 0.188. The minimum Gasteiger partial charge on any atom is -0.506 e. The van der Waals surface area contributed by atoms with Crippen LogP contribution in [-0.2, 0) is 19.3 Å². The Morgan fingerprint density at radius 3 is 2.60 bits per heavy atom. The molecule has 4 aromatic carbocycles. The van der Waals surface area contributed by atoms with Crippen LogP contribution in [0.3, 0.4) is 0 Å². The van der Waals surface area contributed by atoms with E-state index in [9.17, 15) is 5.11 Å². The molecule has 0 atom stereocenters. The van der Waals surface area contributed by atoms with Crippen LogP contribution in [0.5, 0.6) is 5.75 Å². The van der Waals surface area contributed by atoms with Crippen molar-refractivity contribution in [2.45, 2.75) is 19.3 Å². The first-order chi connectivity index (χ1) is 14.6. The van der Waals surface area contributed by atoms with Gasteiger partial charge >= 0.3 is 0 Å². The molecule has 0 aliphatic heterocycles. The largest absolute Gasteiger partial charge is 0.506 e. The zero-order chi connectivity index (χ0) is 20.7. The highest BCUT2D eigenvalue weighted by Gasteiger charge is 2.15. The van der Waals surface area contributed by atoms with E-state index in [2.05, 4.69) is 46.3 Å². The molecule has 0 saturated carbocycles. The highest BCUT2D eigenvalue weighted by molar-refractivity contribution is 9.10. The van der Waals surface area contributed by atoms with Crippen molar-refractivity contribution in [3.05, 3.63) is 104 Å². The molecule has 0 heterocycles. The topological polar surface area (TPSA) is 32.6 Å². The third-order valence-electron chi connectivity index (χ3n) is 5.70. The summed E-state index contributed by atoms with van der Waals surface area (Å²) in [7, 11) is 0. The van der Waals surface area contributed by atoms with E-state index in [1.54, 1.807) is 6.21 Å². The molecule has 5 rings (SSSR count). The second kappa shape index (κ2) is 7.90. The van der Waals surface area contributed by atoms with Crippen molar-refractivity contribution in [2.24, 2.45) is 4.99 Å². The molecule has 4 heteroatoms. The van der Waals surface area contributed by atoms with E-state index in [-0.39, 0.29) is 5.75 Å². The van der Waals surface area contributed by atoms with Gasteiger partial charge in [0, 0.05) is 22.2 Å². The second-order valence-corrected chi connectivity index (χ2v) is 8.89. The smallest absolute Gasteiger partial charge is 0.138 e. The van der Waals surface area contributed by atoms with Crippen molar-refractivity contribution in [1.29, 1.82) is 0 Å². The maximum absolute atomic E-state index is 10.6. The van der Waals surface area contributed by atoms with Crippen molar-refractivity contribution in [3.8, 4) is 5.75 Å². The fourth-order valence-corrected chi connectivity index (χ4v) is 4.95. The second-order valence-electron chi connectivity index (χ2n) is 7.63. The standard InChI is InChI=1S/C26H19BrClNO/c27-22-14-16(12-19-4-1-2-7-23(19)28)13-20(26(22)30)15-29-24-11-10-18-9-8-17-5-3-6-21(24)25(17)18/h1-7,10-11,13-15,30H,8-9,12H2. The van der Waals surface area contributed by atoms with Crippen molar-refractivity contribution >= 4 is 50.2 Å². The summed E-state index contributed by atoms with van der Waals surface area (Å²) >= 11 is 9.80. The Balaban J connectivity index is 1.52. The number of aryl methyl sites for hydroxylation is 2. The summed E-state index contributed by atoms with van der Waals surface area (Å²) in [6.07, 6.45) is 4.62. The average Bonchev–Trinajstić information content (AvgIpc) is 3.17. The third kappa shape index (κ3) is 3.53. The Morgan fingerprint density at radius 2 is 1.77 bits per heavy atom. The number of aliphatic imine (C=N–C) groups is 1. The summed E-state index contributed by atoms with van der Waals surface area (Å²) < 4.78 is 0.647. The molecule has 0 aromatic heterocycles. The van der Waals surface area contributed by atoms with Gasteiger partial charge in [0.25, 0.3) is 0 Å². The van der Waals surface area contributed by atoms with E-state index in [0.29, 0.717) is 16.5 Å². The predicted octanol–water partition coefficient (Wildman–Crippen LogP) is 7.40. The Morgan fingerprint density at radius 1 is 0.967 bits per heavy atom. The molecular formula is C26H19BrClNO. The van der Waals surface area contributed by atoms with E-state index in [4.69, 9.17) is 16.6 Å². The molecule has 0 fully saturated rings. The lowest BCUT2D eigenvalue weighted by atomic mass is 10.0. The number of rotatable bonds is 4. The molecule has 0 amide bonds. The maximum atomic E-state index is 10.6. The van der Waals surface area contributed by atoms with Crippen LogP contribution < -0.4 is 0 Å². The Labute approximate surface area is 189 Å². The van der Waals surface area contributed by atoms with Crippen LogP contribution in [0, 0.1) is 0 Å². The van der Waals surface area contributed by atoms with E-state index >= 15 is 0 Å². The molecule has 1 aliphatic carbocycles. The lowest BCUT2D eigenvalue weighted by Crippen LogP contribution is -1.93. The van der Waals surface area contributed by atoms with Crippen LogP contribution in [0.15, 0.2) is 76.2 Å². The van der Waals surface area contributed by atoms with Crippen LogP contribution in [0.25, 0.3) is 10.8 Å². The number of benzene rings is 4. The van der Waals surface area contributed by atoms with Gasteiger partial charge in [-0.15, -0.1) is 0 Å². The first-order valence-electron chi connectivity index (χ1n) is 9.92. The first-order valence-corrected chi connectivity index (χ1v) is 11.1. The number of halogens is 2. The van der Waals surface area contributed by atoms with Gasteiger partial charge in [-0.05, 0) is 87.1 Å². The Hall–Kier alpha value is -2.62. The summed E-state index contributed by atoms with van der Waals surface area (Å²) in [6.45, 7) is 0. The molecule has 148 valence electrons. The molecule has 0 saturated heterocycles. The highest BCUT2D eigenvalue weighted by Crippen LogP contribution is 2.37. The minimum atomic E-state index is 0.188. The number of aromatic hydroxyl groups is 1. The van der Waals surface area contributed by atoms with Gasteiger partial charge in [0.05, 0.1) is 10.2 Å². The van der Waals surface area contributed by atoms with E-state index in [0.717, 1.165) is 34.7 Å². The van der Waals surface area contributed by atoms with Gasteiger partial charge < -0.3 is 5.11 Å². The molecule has 4 aromatic rings. The molecule has 30 heavy (non-hydrogen) atoms. The van der Waals surface area contributed by atoms with Gasteiger partial charge in [-0.3, -0.25) is 4.99 Å². The number of hydrogen-bond donors (Lipinski definition) is 1. The highest BCUT2D eigenvalue weighted by atomic mass is 79.9. The van der Waals surface area contributed by atoms with Crippen molar-refractivity contribution in [3.63, 3.8) is 0 Å². The Kier molecular flexibility index (Phi) is 5.10. The molecule has 0 radical (unpaired) electrons. The van der Waals surface area contributed by atoms with E-state index in [1.165, 1.54) is 21.9 Å². The summed E-state index contributed by atoms with van der Waals surface area (Å²) in [5, 5.41) is 13.8. The van der Waals surface area contributed by atoms with Crippen molar-refractivity contribution in [2.75, 3.05) is 0 Å². The van der Waals surface area contributed by atoms with Gasteiger partial charge in [0.2, 0.25) is 0 Å². The number of hydrogen-bond acceptors (Lipinski definition) is 2. The van der Waals surface area contributed by atoms with Gasteiger partial charge in [0.15, 0.2) is 0 Å². The summed E-state index contributed by atoms with van der Waals surface area (Å²) in [4.78, 5) is 4.75. The van der Waals surface area contributed by atoms with Crippen LogP contribution >= 0.6 is 27.5 Å². The zero-order valence-electron chi connectivity index (χ0n) is 16.2. The van der Waals surface area contributed by atoms with Gasteiger partial charge in [-0.25, -0.2) is 0 Å². The van der Waals surface area contributed by atoms with Gasteiger partial charge in [-0.2, -0.15) is 0 Å². The lowest BCUT2D eigenvalue weighted by molar-refractivity contribution is 0.471. The molecular weight excluding hydrogens is 458 g/mol. The SMILES string of the molecule is Oc1c(Br)cc(Cc2ccccc2Cl)cc1C=Nc1ccc2c3c(cccc13)CC2. The Bertz CT molecular complexity index is 1300. The van der Waals surface area contributed by atoms with Gasteiger partial charge in [0.1, 0.15) is 5.75 Å². The monoisotopic (exact) mass is 475 g/mol. The quantitative estimate of drug-likeness (QED) is 0.306. The molecule has 1 N–H and O–H groups in total. The van der Waals surface area contributed by atoms with Crippen molar-refractivity contribution < 1.29 is 5.11 Å². The fourth-order valence-electron chi connectivity index (χ4n) is 4.22. The van der Waals surface area contributed by atoms with Crippen molar-refractivity contribution in [1.82, 2.24) is 0 Å². The number of phenols is 1. The van der Waals surface area contributed by atoms with E-state index < -0.39 is 0 Å². The molecule has 0 unspecified atom stereocenters. The summed E-state index contributed by atoms with van der Waals surface area (Å²) in [5.41, 5.74) is 6.49. The van der Waals surface area contributed by atoms with Crippen LogP contribution in [0.4, 0.5) is 5.69 Å². The van der Waals surface area contributed by atoms with E-state index in [1.807, 2.05) is 36.4 Å². The predicted molar refractivity (Wildman–Crippen MR) is 129 cm³/mol. The average molecular weight is 477 g/mol. The van der Waals surface area contributed by atoms with Crippen LogP contribution in [0.1, 0.15) is 27.8 Å². The summed E-state index contributed by atoms with van der Waals surface area (Å²) in [6, 6.07) is 22.4. The van der Waals surface area contributed by atoms with Gasteiger partial charge in [-0.1, -0.05) is 54.1 Å². The fraction of sp³-hybridized carbons (Fsp3) is 0.115. The zero-order valence-corrected chi connectivity index (χ0v) is 18.5.